The topological polar surface area (TPSA) is 95.3 Å². The van der Waals surface area contributed by atoms with Crippen LogP contribution in [0.2, 0.25) is 0 Å². The smallest absolute Gasteiger partial charge is 0.331 e. The predicted octanol–water partition coefficient (Wildman–Crippen LogP) is 3.06. The van der Waals surface area contributed by atoms with Gasteiger partial charge in [0.15, 0.2) is 5.16 Å². The molecule has 30 heavy (non-hydrogen) atoms. The molecule has 3 rings (SSSR count). The lowest BCUT2D eigenvalue weighted by molar-refractivity contribution is -0.154. The van der Waals surface area contributed by atoms with E-state index in [9.17, 15) is 9.59 Å². The minimum Gasteiger partial charge on any atom is -0.497 e. The largest absolute Gasteiger partial charge is 0.497 e. The van der Waals surface area contributed by atoms with Crippen LogP contribution in [0.15, 0.2) is 29.4 Å². The summed E-state index contributed by atoms with van der Waals surface area (Å²) >= 11 is 1.29. The molecule has 9 heteroatoms. The van der Waals surface area contributed by atoms with Crippen LogP contribution < -0.4 is 10.1 Å². The van der Waals surface area contributed by atoms with E-state index in [4.69, 9.17) is 9.47 Å². The quantitative estimate of drug-likeness (QED) is 0.506. The molecule has 1 aromatic heterocycles. The SMILES string of the molecule is CCOC(=O)C1(NC(=O)CSc2nnc(C)n2-c2ccc(OC)cc2)CCCCC1. The second-order valence-electron chi connectivity index (χ2n) is 7.26. The Bertz CT molecular complexity index is 876. The van der Waals surface area contributed by atoms with Crippen molar-refractivity contribution < 1.29 is 19.1 Å². The van der Waals surface area contributed by atoms with Crippen LogP contribution in [0.5, 0.6) is 5.75 Å². The third kappa shape index (κ3) is 4.95. The summed E-state index contributed by atoms with van der Waals surface area (Å²) in [6.07, 6.45) is 4.09. The van der Waals surface area contributed by atoms with Gasteiger partial charge in [0.25, 0.3) is 0 Å². The average Bonchev–Trinajstić information content (AvgIpc) is 3.13. The number of benzene rings is 1. The van der Waals surface area contributed by atoms with Crippen LogP contribution >= 0.6 is 11.8 Å². The number of ether oxygens (including phenoxy) is 2. The van der Waals surface area contributed by atoms with Crippen LogP contribution in [-0.2, 0) is 14.3 Å². The third-order valence-corrected chi connectivity index (χ3v) is 6.14. The number of methoxy groups -OCH3 is 1. The van der Waals surface area contributed by atoms with Crippen LogP contribution in [0.3, 0.4) is 0 Å². The van der Waals surface area contributed by atoms with Crippen molar-refractivity contribution in [3.63, 3.8) is 0 Å². The molecule has 1 fully saturated rings. The number of hydrogen-bond donors (Lipinski definition) is 1. The summed E-state index contributed by atoms with van der Waals surface area (Å²) in [5.74, 6) is 1.07. The molecule has 1 amide bonds. The van der Waals surface area contributed by atoms with Crippen LogP contribution in [0, 0.1) is 6.92 Å². The zero-order valence-electron chi connectivity index (χ0n) is 17.6. The molecule has 0 radical (unpaired) electrons. The molecule has 1 aromatic carbocycles. The zero-order chi connectivity index (χ0) is 21.6. The van der Waals surface area contributed by atoms with Crippen LogP contribution in [0.4, 0.5) is 0 Å². The number of nitrogens with zero attached hydrogens (tertiary/aromatic N) is 3. The Hall–Kier alpha value is -2.55. The molecule has 0 bridgehead atoms. The number of carbonyl (C=O) groups excluding carboxylic acids is 2. The molecule has 8 nitrogen and oxygen atoms in total. The Morgan fingerprint density at radius 1 is 1.17 bits per heavy atom. The minimum absolute atomic E-state index is 0.134. The van der Waals surface area contributed by atoms with Gasteiger partial charge in [-0.15, -0.1) is 10.2 Å². The summed E-state index contributed by atoms with van der Waals surface area (Å²) < 4.78 is 12.3. The maximum Gasteiger partial charge on any atom is 0.331 e. The van der Waals surface area contributed by atoms with Crippen molar-refractivity contribution in [1.82, 2.24) is 20.1 Å². The third-order valence-electron chi connectivity index (χ3n) is 5.21. The Balaban J connectivity index is 1.69. The Morgan fingerprint density at radius 2 is 1.87 bits per heavy atom. The molecule has 0 unspecified atom stereocenters. The fourth-order valence-corrected chi connectivity index (χ4v) is 4.50. The van der Waals surface area contributed by atoms with Crippen molar-refractivity contribution in [3.05, 3.63) is 30.1 Å². The second-order valence-corrected chi connectivity index (χ2v) is 8.21. The molecule has 0 aliphatic heterocycles. The molecule has 0 saturated heterocycles. The molecule has 162 valence electrons. The highest BCUT2D eigenvalue weighted by Crippen LogP contribution is 2.30. The first kappa shape index (κ1) is 22.1. The van der Waals surface area contributed by atoms with E-state index in [0.717, 1.165) is 36.5 Å². The van der Waals surface area contributed by atoms with E-state index in [1.807, 2.05) is 35.8 Å². The summed E-state index contributed by atoms with van der Waals surface area (Å²) in [5.41, 5.74) is -0.0256. The number of amides is 1. The van der Waals surface area contributed by atoms with Crippen molar-refractivity contribution >= 4 is 23.6 Å². The zero-order valence-corrected chi connectivity index (χ0v) is 18.5. The predicted molar refractivity (Wildman–Crippen MR) is 114 cm³/mol. The fourth-order valence-electron chi connectivity index (χ4n) is 3.70. The highest BCUT2D eigenvalue weighted by molar-refractivity contribution is 7.99. The number of hydrogen-bond acceptors (Lipinski definition) is 7. The monoisotopic (exact) mass is 432 g/mol. The van der Waals surface area contributed by atoms with E-state index in [0.29, 0.717) is 24.6 Å². The van der Waals surface area contributed by atoms with Crippen molar-refractivity contribution in [2.75, 3.05) is 19.5 Å². The second kappa shape index (κ2) is 9.97. The number of carbonyl (C=O) groups is 2. The molecule has 1 N–H and O–H groups in total. The molecule has 2 aromatic rings. The summed E-state index contributed by atoms with van der Waals surface area (Å²) in [5, 5.41) is 11.9. The molecule has 1 heterocycles. The van der Waals surface area contributed by atoms with E-state index in [1.165, 1.54) is 11.8 Å². The average molecular weight is 433 g/mol. The van der Waals surface area contributed by atoms with E-state index >= 15 is 0 Å². The van der Waals surface area contributed by atoms with Crippen molar-refractivity contribution in [1.29, 1.82) is 0 Å². The first-order valence-corrected chi connectivity index (χ1v) is 11.1. The molecule has 1 saturated carbocycles. The van der Waals surface area contributed by atoms with E-state index in [-0.39, 0.29) is 17.6 Å². The van der Waals surface area contributed by atoms with Gasteiger partial charge in [-0.05, 0) is 51.0 Å². The fraction of sp³-hybridized carbons (Fsp3) is 0.524. The van der Waals surface area contributed by atoms with Gasteiger partial charge in [0.05, 0.1) is 19.5 Å². The lowest BCUT2D eigenvalue weighted by atomic mass is 9.81. The molecule has 1 aliphatic rings. The highest BCUT2D eigenvalue weighted by atomic mass is 32.2. The number of aryl methyl sites for hydroxylation is 1. The normalized spacial score (nSPS) is 15.4. The number of nitrogens with one attached hydrogen (secondary N) is 1. The molecule has 0 atom stereocenters. The Morgan fingerprint density at radius 3 is 2.50 bits per heavy atom. The van der Waals surface area contributed by atoms with Crippen molar-refractivity contribution in [2.45, 2.75) is 56.6 Å². The van der Waals surface area contributed by atoms with Gasteiger partial charge in [0.2, 0.25) is 5.91 Å². The highest BCUT2D eigenvalue weighted by Gasteiger charge is 2.42. The van der Waals surface area contributed by atoms with Crippen molar-refractivity contribution in [3.8, 4) is 11.4 Å². The van der Waals surface area contributed by atoms with Gasteiger partial charge >= 0.3 is 5.97 Å². The van der Waals surface area contributed by atoms with Gasteiger partial charge in [-0.25, -0.2) is 4.79 Å². The van der Waals surface area contributed by atoms with Gasteiger partial charge in [-0.3, -0.25) is 9.36 Å². The summed E-state index contributed by atoms with van der Waals surface area (Å²) in [6.45, 7) is 3.94. The Kier molecular flexibility index (Phi) is 7.36. The molecular formula is C21H28N4O4S. The first-order valence-electron chi connectivity index (χ1n) is 10.2. The maximum absolute atomic E-state index is 12.7. The van der Waals surface area contributed by atoms with Gasteiger partial charge in [0.1, 0.15) is 17.1 Å². The van der Waals surface area contributed by atoms with Crippen molar-refractivity contribution in [2.24, 2.45) is 0 Å². The van der Waals surface area contributed by atoms with E-state index in [2.05, 4.69) is 15.5 Å². The van der Waals surface area contributed by atoms with Crippen LogP contribution in [0.1, 0.15) is 44.9 Å². The van der Waals surface area contributed by atoms with Gasteiger partial charge in [0, 0.05) is 5.69 Å². The maximum atomic E-state index is 12.7. The summed E-state index contributed by atoms with van der Waals surface area (Å²) in [7, 11) is 1.62. The molecule has 1 aliphatic carbocycles. The minimum atomic E-state index is -0.911. The molecular weight excluding hydrogens is 404 g/mol. The van der Waals surface area contributed by atoms with Gasteiger partial charge in [-0.1, -0.05) is 31.0 Å². The lowest BCUT2D eigenvalue weighted by Crippen LogP contribution is -2.56. The number of aromatic nitrogens is 3. The first-order chi connectivity index (χ1) is 14.5. The molecule has 0 spiro atoms. The lowest BCUT2D eigenvalue weighted by Gasteiger charge is -2.35. The number of thioether (sulfide) groups is 1. The number of esters is 1. The van der Waals surface area contributed by atoms with Crippen LogP contribution in [0.25, 0.3) is 5.69 Å². The number of rotatable bonds is 8. The Labute approximate surface area is 180 Å². The van der Waals surface area contributed by atoms with Gasteiger partial charge < -0.3 is 14.8 Å². The summed E-state index contributed by atoms with van der Waals surface area (Å²) in [6, 6.07) is 7.55. The van der Waals surface area contributed by atoms with Crippen LogP contribution in [-0.4, -0.2) is 51.6 Å². The van der Waals surface area contributed by atoms with E-state index in [1.54, 1.807) is 14.0 Å². The standard InChI is InChI=1S/C21H28N4O4S/c1-4-29-19(27)21(12-6-5-7-13-21)22-18(26)14-30-20-24-23-15(2)25(20)16-8-10-17(28-3)11-9-16/h8-11H,4-7,12-14H2,1-3H3,(H,22,26). The summed E-state index contributed by atoms with van der Waals surface area (Å²) in [4.78, 5) is 25.3. The van der Waals surface area contributed by atoms with E-state index < -0.39 is 5.54 Å². The van der Waals surface area contributed by atoms with Gasteiger partial charge in [-0.2, -0.15) is 0 Å².